The summed E-state index contributed by atoms with van der Waals surface area (Å²) in [5.74, 6) is -0.534. The summed E-state index contributed by atoms with van der Waals surface area (Å²) in [7, 11) is 0. The fraction of sp³-hybridized carbons (Fsp3) is 0.533. The third-order valence-corrected chi connectivity index (χ3v) is 3.08. The molecule has 21 heavy (non-hydrogen) atoms. The first kappa shape index (κ1) is 17.1. The molecule has 2 N–H and O–H groups in total. The van der Waals surface area contributed by atoms with E-state index >= 15 is 0 Å². The Kier molecular flexibility index (Phi) is 5.43. The number of rotatable bonds is 5. The predicted molar refractivity (Wildman–Crippen MR) is 80.2 cm³/mol. The Labute approximate surface area is 124 Å². The summed E-state index contributed by atoms with van der Waals surface area (Å²) in [6.45, 7) is 7.38. The van der Waals surface area contributed by atoms with Gasteiger partial charge in [0.1, 0.15) is 5.56 Å². The van der Waals surface area contributed by atoms with Crippen LogP contribution in [0.3, 0.4) is 0 Å². The number of amides is 1. The molecule has 0 bridgehead atoms. The molecule has 0 radical (unpaired) electrons. The number of nitro groups is 1. The highest BCUT2D eigenvalue weighted by Gasteiger charge is 2.25. The second-order valence-electron chi connectivity index (χ2n) is 6.35. The maximum atomic E-state index is 12.3. The van der Waals surface area contributed by atoms with E-state index < -0.39 is 16.9 Å². The minimum absolute atomic E-state index is 0.0207. The van der Waals surface area contributed by atoms with E-state index in [1.165, 1.54) is 6.07 Å². The number of nitrogens with one attached hydrogen (secondary N) is 1. The number of hydrogen-bond donors (Lipinski definition) is 2. The minimum Gasteiger partial charge on any atom is -0.394 e. The van der Waals surface area contributed by atoms with E-state index in [9.17, 15) is 20.0 Å². The lowest BCUT2D eigenvalue weighted by Crippen LogP contribution is -2.40. The van der Waals surface area contributed by atoms with Crippen molar-refractivity contribution in [3.8, 4) is 0 Å². The van der Waals surface area contributed by atoms with Gasteiger partial charge in [-0.2, -0.15) is 0 Å². The summed E-state index contributed by atoms with van der Waals surface area (Å²) in [4.78, 5) is 22.8. The van der Waals surface area contributed by atoms with Gasteiger partial charge in [0, 0.05) is 5.56 Å². The first-order valence-corrected chi connectivity index (χ1v) is 6.81. The number of aliphatic hydroxyl groups is 1. The second kappa shape index (κ2) is 6.67. The number of aryl methyl sites for hydroxylation is 1. The number of carbonyl (C=O) groups is 1. The van der Waals surface area contributed by atoms with E-state index in [1.54, 1.807) is 19.1 Å². The molecule has 0 aliphatic rings. The van der Waals surface area contributed by atoms with Crippen molar-refractivity contribution in [2.24, 2.45) is 5.41 Å². The fourth-order valence-corrected chi connectivity index (χ4v) is 2.25. The average Bonchev–Trinajstić information content (AvgIpc) is 2.35. The van der Waals surface area contributed by atoms with Gasteiger partial charge < -0.3 is 10.4 Å². The van der Waals surface area contributed by atoms with Crippen LogP contribution in [0.1, 0.15) is 43.1 Å². The van der Waals surface area contributed by atoms with Crippen LogP contribution in [0.15, 0.2) is 18.2 Å². The van der Waals surface area contributed by atoms with Crippen LogP contribution >= 0.6 is 0 Å². The van der Waals surface area contributed by atoms with Crippen molar-refractivity contribution in [1.29, 1.82) is 0 Å². The Hall–Kier alpha value is -1.95. The third-order valence-electron chi connectivity index (χ3n) is 3.08. The molecule has 0 aliphatic heterocycles. The number of aliphatic hydroxyl groups excluding tert-OH is 1. The molecular weight excluding hydrogens is 272 g/mol. The maximum absolute atomic E-state index is 12.3. The lowest BCUT2D eigenvalue weighted by atomic mass is 9.88. The molecule has 0 heterocycles. The van der Waals surface area contributed by atoms with Gasteiger partial charge in [-0.3, -0.25) is 14.9 Å². The van der Waals surface area contributed by atoms with E-state index in [4.69, 9.17) is 0 Å². The quantitative estimate of drug-likeness (QED) is 0.644. The monoisotopic (exact) mass is 294 g/mol. The zero-order chi connectivity index (χ0) is 16.2. The van der Waals surface area contributed by atoms with E-state index in [0.29, 0.717) is 12.0 Å². The Bertz CT molecular complexity index is 535. The van der Waals surface area contributed by atoms with Crippen LogP contribution in [0.25, 0.3) is 0 Å². The van der Waals surface area contributed by atoms with Gasteiger partial charge in [-0.1, -0.05) is 32.9 Å². The van der Waals surface area contributed by atoms with Crippen molar-refractivity contribution in [1.82, 2.24) is 5.32 Å². The van der Waals surface area contributed by atoms with Crippen molar-refractivity contribution in [3.05, 3.63) is 39.4 Å². The predicted octanol–water partition coefficient (Wildman–Crippen LogP) is 2.43. The average molecular weight is 294 g/mol. The van der Waals surface area contributed by atoms with Gasteiger partial charge >= 0.3 is 0 Å². The third kappa shape index (κ3) is 4.82. The van der Waals surface area contributed by atoms with Gasteiger partial charge in [-0.15, -0.1) is 0 Å². The van der Waals surface area contributed by atoms with Crippen molar-refractivity contribution < 1.29 is 14.8 Å². The number of nitrogens with zero attached hydrogens (tertiary/aromatic N) is 1. The van der Waals surface area contributed by atoms with Gasteiger partial charge in [0.2, 0.25) is 0 Å². The number of hydrogen-bond acceptors (Lipinski definition) is 4. The standard InChI is InChI=1S/C15H22N2O4/c1-10-6-5-7-12(13(10)17(20)21)14(19)16-11(9-18)8-15(2,3)4/h5-7,11,18H,8-9H2,1-4H3,(H,16,19). The molecule has 1 aromatic carbocycles. The largest absolute Gasteiger partial charge is 0.394 e. The molecule has 0 saturated heterocycles. The molecule has 0 aliphatic carbocycles. The van der Waals surface area contributed by atoms with E-state index in [1.807, 2.05) is 20.8 Å². The summed E-state index contributed by atoms with van der Waals surface area (Å²) in [6.07, 6.45) is 0.578. The van der Waals surface area contributed by atoms with E-state index in [-0.39, 0.29) is 23.3 Å². The van der Waals surface area contributed by atoms with Gasteiger partial charge in [0.15, 0.2) is 0 Å². The molecule has 1 atom stereocenters. The molecule has 0 fully saturated rings. The highest BCUT2D eigenvalue weighted by molar-refractivity contribution is 5.98. The molecule has 1 amide bonds. The highest BCUT2D eigenvalue weighted by Crippen LogP contribution is 2.24. The van der Waals surface area contributed by atoms with Crippen LogP contribution in [0.4, 0.5) is 5.69 Å². The number of carbonyl (C=O) groups excluding carboxylic acids is 1. The van der Waals surface area contributed by atoms with Crippen molar-refractivity contribution in [2.45, 2.75) is 40.2 Å². The Morgan fingerprint density at radius 2 is 2.05 bits per heavy atom. The Morgan fingerprint density at radius 1 is 1.43 bits per heavy atom. The molecule has 0 aromatic heterocycles. The Morgan fingerprint density at radius 3 is 2.52 bits per heavy atom. The molecule has 1 rings (SSSR count). The van der Waals surface area contributed by atoms with Crippen LogP contribution in [-0.2, 0) is 0 Å². The van der Waals surface area contributed by atoms with Gasteiger partial charge in [0.05, 0.1) is 17.6 Å². The van der Waals surface area contributed by atoms with E-state index in [2.05, 4.69) is 5.32 Å². The van der Waals surface area contributed by atoms with Crippen molar-refractivity contribution in [2.75, 3.05) is 6.61 Å². The SMILES string of the molecule is Cc1cccc(C(=O)NC(CO)CC(C)(C)C)c1[N+](=O)[O-]. The van der Waals surface area contributed by atoms with Crippen LogP contribution in [-0.4, -0.2) is 28.6 Å². The Balaban J connectivity index is 2.99. The van der Waals surface area contributed by atoms with Crippen LogP contribution in [0.2, 0.25) is 0 Å². The van der Waals surface area contributed by atoms with Gasteiger partial charge in [-0.05, 0) is 24.8 Å². The van der Waals surface area contributed by atoms with E-state index in [0.717, 1.165) is 0 Å². The lowest BCUT2D eigenvalue weighted by molar-refractivity contribution is -0.385. The smallest absolute Gasteiger partial charge is 0.285 e. The molecular formula is C15H22N2O4. The molecule has 0 spiro atoms. The molecule has 1 aromatic rings. The topological polar surface area (TPSA) is 92.5 Å². The maximum Gasteiger partial charge on any atom is 0.285 e. The zero-order valence-electron chi connectivity index (χ0n) is 12.8. The first-order chi connectivity index (χ1) is 9.65. The lowest BCUT2D eigenvalue weighted by Gasteiger charge is -2.25. The first-order valence-electron chi connectivity index (χ1n) is 6.81. The summed E-state index contributed by atoms with van der Waals surface area (Å²) < 4.78 is 0. The molecule has 6 heteroatoms. The van der Waals surface area contributed by atoms with Crippen LogP contribution in [0.5, 0.6) is 0 Å². The molecule has 116 valence electrons. The highest BCUT2D eigenvalue weighted by atomic mass is 16.6. The molecule has 1 unspecified atom stereocenters. The van der Waals surface area contributed by atoms with Crippen LogP contribution < -0.4 is 5.32 Å². The molecule has 0 saturated carbocycles. The van der Waals surface area contributed by atoms with Crippen molar-refractivity contribution in [3.63, 3.8) is 0 Å². The summed E-state index contributed by atoms with van der Waals surface area (Å²) >= 11 is 0. The normalized spacial score (nSPS) is 12.8. The fourth-order valence-electron chi connectivity index (χ4n) is 2.25. The number of para-hydroxylation sites is 1. The zero-order valence-corrected chi connectivity index (χ0v) is 12.8. The molecule has 6 nitrogen and oxygen atoms in total. The number of benzene rings is 1. The summed E-state index contributed by atoms with van der Waals surface area (Å²) in [6, 6.07) is 4.19. The second-order valence-corrected chi connectivity index (χ2v) is 6.35. The number of nitro benzene ring substituents is 1. The van der Waals surface area contributed by atoms with Gasteiger partial charge in [-0.25, -0.2) is 0 Å². The van der Waals surface area contributed by atoms with Gasteiger partial charge in [0.25, 0.3) is 11.6 Å². The minimum atomic E-state index is -0.554. The summed E-state index contributed by atoms with van der Waals surface area (Å²) in [5, 5.41) is 23.1. The summed E-state index contributed by atoms with van der Waals surface area (Å²) in [5.41, 5.74) is 0.193. The van der Waals surface area contributed by atoms with Crippen molar-refractivity contribution >= 4 is 11.6 Å². The van der Waals surface area contributed by atoms with Crippen LogP contribution in [0, 0.1) is 22.5 Å².